The molecule has 120 valence electrons. The van der Waals surface area contributed by atoms with Gasteiger partial charge in [-0.2, -0.15) is 0 Å². The molecular formula is C16H19Cl2NO3. The van der Waals surface area contributed by atoms with Crippen molar-refractivity contribution in [1.29, 1.82) is 0 Å². The highest BCUT2D eigenvalue weighted by Crippen LogP contribution is 2.36. The van der Waals surface area contributed by atoms with Gasteiger partial charge in [0.05, 0.1) is 15.7 Å². The first-order valence-electron chi connectivity index (χ1n) is 7.20. The van der Waals surface area contributed by atoms with Crippen LogP contribution in [0.25, 0.3) is 0 Å². The molecule has 0 spiro atoms. The van der Waals surface area contributed by atoms with Crippen LogP contribution >= 0.6 is 23.2 Å². The highest BCUT2D eigenvalue weighted by atomic mass is 35.5. The van der Waals surface area contributed by atoms with Crippen molar-refractivity contribution in [2.24, 2.45) is 5.92 Å². The molecule has 1 aromatic carbocycles. The Kier molecular flexibility index (Phi) is 5.03. The molecule has 0 amide bonds. The summed E-state index contributed by atoms with van der Waals surface area (Å²) >= 11 is 12.1. The second-order valence-electron chi connectivity index (χ2n) is 6.06. The number of anilines is 1. The topological polar surface area (TPSA) is 69.4 Å². The van der Waals surface area contributed by atoms with Gasteiger partial charge in [-0.15, -0.1) is 0 Å². The van der Waals surface area contributed by atoms with Gasteiger partial charge in [-0.3, -0.25) is 9.59 Å². The second kappa shape index (κ2) is 6.47. The Morgan fingerprint density at radius 2 is 1.86 bits per heavy atom. The van der Waals surface area contributed by atoms with Crippen molar-refractivity contribution in [3.05, 3.63) is 27.7 Å². The SMILES string of the molecule is CC(C)C1(CCc2cc(Cl)c(N)c(Cl)c2)CC(=O)CC(=O)O1. The maximum Gasteiger partial charge on any atom is 0.313 e. The number of cyclic esters (lactones) is 1. The summed E-state index contributed by atoms with van der Waals surface area (Å²) < 4.78 is 5.56. The maximum atomic E-state index is 11.8. The number of nitrogens with two attached hydrogens (primary N) is 1. The van der Waals surface area contributed by atoms with Crippen LogP contribution in [0.4, 0.5) is 5.69 Å². The van der Waals surface area contributed by atoms with Gasteiger partial charge in [0.25, 0.3) is 0 Å². The number of carbonyl (C=O) groups is 2. The van der Waals surface area contributed by atoms with E-state index in [2.05, 4.69) is 0 Å². The van der Waals surface area contributed by atoms with E-state index in [0.29, 0.717) is 28.6 Å². The van der Waals surface area contributed by atoms with E-state index < -0.39 is 11.6 Å². The average molecular weight is 344 g/mol. The summed E-state index contributed by atoms with van der Waals surface area (Å²) in [5.41, 5.74) is 6.22. The van der Waals surface area contributed by atoms with Crippen molar-refractivity contribution in [2.45, 2.75) is 45.1 Å². The molecule has 1 atom stereocenters. The molecular weight excluding hydrogens is 325 g/mol. The minimum Gasteiger partial charge on any atom is -0.458 e. The van der Waals surface area contributed by atoms with Gasteiger partial charge in [-0.05, 0) is 36.5 Å². The van der Waals surface area contributed by atoms with Crippen LogP contribution in [-0.2, 0) is 20.7 Å². The van der Waals surface area contributed by atoms with Crippen molar-refractivity contribution in [2.75, 3.05) is 5.73 Å². The van der Waals surface area contributed by atoms with Gasteiger partial charge in [0, 0.05) is 6.42 Å². The molecule has 1 saturated heterocycles. The van der Waals surface area contributed by atoms with Crippen LogP contribution in [-0.4, -0.2) is 17.4 Å². The van der Waals surface area contributed by atoms with E-state index in [0.717, 1.165) is 5.56 Å². The zero-order valence-corrected chi connectivity index (χ0v) is 14.1. The monoisotopic (exact) mass is 343 g/mol. The Morgan fingerprint density at radius 1 is 1.27 bits per heavy atom. The summed E-state index contributed by atoms with van der Waals surface area (Å²) in [4.78, 5) is 23.5. The molecule has 4 nitrogen and oxygen atoms in total. The lowest BCUT2D eigenvalue weighted by Crippen LogP contribution is -2.47. The van der Waals surface area contributed by atoms with Crippen LogP contribution in [0.2, 0.25) is 10.0 Å². The molecule has 0 saturated carbocycles. The molecule has 1 aliphatic rings. The van der Waals surface area contributed by atoms with Gasteiger partial charge >= 0.3 is 5.97 Å². The zero-order valence-electron chi connectivity index (χ0n) is 12.6. The summed E-state index contributed by atoms with van der Waals surface area (Å²) in [5.74, 6) is -0.475. The number of ether oxygens (including phenoxy) is 1. The average Bonchev–Trinajstić information content (AvgIpc) is 2.41. The Hall–Kier alpha value is -1.26. The molecule has 0 aliphatic carbocycles. The number of ketones is 1. The molecule has 0 aromatic heterocycles. The summed E-state index contributed by atoms with van der Waals surface area (Å²) in [6.07, 6.45) is 1.26. The van der Waals surface area contributed by atoms with Gasteiger partial charge in [0.1, 0.15) is 17.8 Å². The number of halogens is 2. The van der Waals surface area contributed by atoms with Crippen molar-refractivity contribution >= 4 is 40.6 Å². The Morgan fingerprint density at radius 3 is 2.36 bits per heavy atom. The van der Waals surface area contributed by atoms with Crippen LogP contribution in [0.15, 0.2) is 12.1 Å². The van der Waals surface area contributed by atoms with E-state index in [4.69, 9.17) is 33.7 Å². The normalized spacial score (nSPS) is 22.0. The van der Waals surface area contributed by atoms with Crippen LogP contribution in [0.3, 0.4) is 0 Å². The fourth-order valence-electron chi connectivity index (χ4n) is 2.74. The van der Waals surface area contributed by atoms with Gasteiger partial charge in [-0.25, -0.2) is 0 Å². The van der Waals surface area contributed by atoms with E-state index in [1.807, 2.05) is 13.8 Å². The molecule has 1 heterocycles. The third-order valence-corrected chi connectivity index (χ3v) is 4.81. The Balaban J connectivity index is 2.19. The molecule has 6 heteroatoms. The number of benzene rings is 1. The minimum absolute atomic E-state index is 0.0421. The predicted octanol–water partition coefficient (Wildman–Crippen LogP) is 3.81. The fraction of sp³-hybridized carbons (Fsp3) is 0.500. The summed E-state index contributed by atoms with van der Waals surface area (Å²) in [5, 5.41) is 0.802. The smallest absolute Gasteiger partial charge is 0.313 e. The third-order valence-electron chi connectivity index (χ3n) is 4.18. The standard InChI is InChI=1S/C16H19Cl2NO3/c1-9(2)16(8-11(20)7-14(21)22-16)4-3-10-5-12(17)15(19)13(18)6-10/h5-6,9H,3-4,7-8,19H2,1-2H3. The second-order valence-corrected chi connectivity index (χ2v) is 6.87. The van der Waals surface area contributed by atoms with Gasteiger partial charge < -0.3 is 10.5 Å². The molecule has 22 heavy (non-hydrogen) atoms. The lowest BCUT2D eigenvalue weighted by Gasteiger charge is -2.39. The number of carbonyl (C=O) groups excluding carboxylic acids is 2. The van der Waals surface area contributed by atoms with Crippen molar-refractivity contribution < 1.29 is 14.3 Å². The fourth-order valence-corrected chi connectivity index (χ4v) is 3.28. The first-order chi connectivity index (χ1) is 10.2. The highest BCUT2D eigenvalue weighted by Gasteiger charge is 2.43. The van der Waals surface area contributed by atoms with Gasteiger partial charge in [-0.1, -0.05) is 37.0 Å². The third kappa shape index (κ3) is 3.55. The van der Waals surface area contributed by atoms with E-state index in [-0.39, 0.29) is 24.5 Å². The number of esters is 1. The van der Waals surface area contributed by atoms with E-state index in [1.54, 1.807) is 12.1 Å². The van der Waals surface area contributed by atoms with Crippen LogP contribution in [0.5, 0.6) is 0 Å². The summed E-state index contributed by atoms with van der Waals surface area (Å²) in [7, 11) is 0. The van der Waals surface area contributed by atoms with Crippen LogP contribution in [0.1, 0.15) is 38.7 Å². The van der Waals surface area contributed by atoms with Crippen molar-refractivity contribution in [3.63, 3.8) is 0 Å². The number of hydrogen-bond donors (Lipinski definition) is 1. The minimum atomic E-state index is -0.757. The number of aryl methyl sites for hydroxylation is 1. The predicted molar refractivity (Wildman–Crippen MR) is 87.1 cm³/mol. The van der Waals surface area contributed by atoms with E-state index in [1.165, 1.54) is 0 Å². The van der Waals surface area contributed by atoms with Crippen molar-refractivity contribution in [3.8, 4) is 0 Å². The summed E-state index contributed by atoms with van der Waals surface area (Å²) in [6, 6.07) is 3.51. The molecule has 0 bridgehead atoms. The molecule has 1 unspecified atom stereocenters. The molecule has 2 rings (SSSR count). The number of rotatable bonds is 4. The highest BCUT2D eigenvalue weighted by molar-refractivity contribution is 6.38. The molecule has 2 N–H and O–H groups in total. The number of hydrogen-bond acceptors (Lipinski definition) is 4. The lowest BCUT2D eigenvalue weighted by atomic mass is 9.78. The van der Waals surface area contributed by atoms with E-state index in [9.17, 15) is 9.59 Å². The van der Waals surface area contributed by atoms with Gasteiger partial charge in [0.15, 0.2) is 0 Å². The van der Waals surface area contributed by atoms with Crippen LogP contribution in [0, 0.1) is 5.92 Å². The Bertz CT molecular complexity index is 574. The van der Waals surface area contributed by atoms with Gasteiger partial charge in [0.2, 0.25) is 0 Å². The number of Topliss-reactive ketones (excluding diaryl/α,β-unsaturated/α-hetero) is 1. The zero-order chi connectivity index (χ0) is 16.5. The molecule has 1 fully saturated rings. The molecule has 0 radical (unpaired) electrons. The largest absolute Gasteiger partial charge is 0.458 e. The molecule has 1 aliphatic heterocycles. The quantitative estimate of drug-likeness (QED) is 0.512. The van der Waals surface area contributed by atoms with Crippen molar-refractivity contribution in [1.82, 2.24) is 0 Å². The number of nitrogen functional groups attached to an aromatic ring is 1. The summed E-state index contributed by atoms with van der Waals surface area (Å²) in [6.45, 7) is 3.91. The first kappa shape index (κ1) is 17.1. The lowest BCUT2D eigenvalue weighted by molar-refractivity contribution is -0.177. The first-order valence-corrected chi connectivity index (χ1v) is 7.96. The molecule has 1 aromatic rings. The van der Waals surface area contributed by atoms with Crippen LogP contribution < -0.4 is 5.73 Å². The maximum absolute atomic E-state index is 11.8. The Labute approximate surface area is 139 Å². The van der Waals surface area contributed by atoms with E-state index >= 15 is 0 Å².